The van der Waals surface area contributed by atoms with Gasteiger partial charge in [-0.3, -0.25) is 9.59 Å². The fourth-order valence-electron chi connectivity index (χ4n) is 3.07. The molecule has 4 rings (SSSR count). The molecule has 0 amide bonds. The van der Waals surface area contributed by atoms with Crippen molar-refractivity contribution in [1.82, 2.24) is 0 Å². The molecule has 1 heterocycles. The van der Waals surface area contributed by atoms with Crippen LogP contribution in [0.1, 0.15) is 27.1 Å². The van der Waals surface area contributed by atoms with E-state index in [1.54, 1.807) is 12.1 Å². The van der Waals surface area contributed by atoms with Crippen LogP contribution < -0.4 is 0 Å². The summed E-state index contributed by atoms with van der Waals surface area (Å²) in [5.74, 6) is -0.680. The summed E-state index contributed by atoms with van der Waals surface area (Å²) >= 11 is 0. The van der Waals surface area contributed by atoms with Crippen LogP contribution in [0.2, 0.25) is 0 Å². The Kier molecular flexibility index (Phi) is 1.86. The molecule has 4 heteroatoms. The van der Waals surface area contributed by atoms with E-state index in [-0.39, 0.29) is 46.2 Å². The largest absolute Gasteiger partial charge is 0.507 e. The van der Waals surface area contributed by atoms with Crippen molar-refractivity contribution in [3.8, 4) is 5.75 Å². The molecule has 3 aliphatic rings. The summed E-state index contributed by atoms with van der Waals surface area (Å²) in [6.07, 6.45) is 4.36. The van der Waals surface area contributed by atoms with Crippen LogP contribution in [0, 0.1) is 5.92 Å². The summed E-state index contributed by atoms with van der Waals surface area (Å²) in [4.78, 5) is 24.9. The second kappa shape index (κ2) is 3.35. The van der Waals surface area contributed by atoms with Gasteiger partial charge in [0.25, 0.3) is 0 Å². The van der Waals surface area contributed by atoms with E-state index >= 15 is 0 Å². The van der Waals surface area contributed by atoms with Crippen molar-refractivity contribution in [3.05, 3.63) is 52.8 Å². The second-order valence-electron chi connectivity index (χ2n) is 4.95. The SMILES string of the molecule is O=C1C2=C(OC3C=CCC23)C(=O)c2c(O)cccc21. The normalized spacial score (nSPS) is 27.2. The van der Waals surface area contributed by atoms with Crippen LogP contribution in [0.15, 0.2) is 41.7 Å². The van der Waals surface area contributed by atoms with Gasteiger partial charge in [0.2, 0.25) is 5.78 Å². The lowest BCUT2D eigenvalue weighted by atomic mass is 9.82. The molecule has 4 nitrogen and oxygen atoms in total. The first-order valence-electron chi connectivity index (χ1n) is 6.17. The minimum atomic E-state index is -0.384. The van der Waals surface area contributed by atoms with Crippen molar-refractivity contribution in [2.45, 2.75) is 12.5 Å². The number of aromatic hydroxyl groups is 1. The third-order valence-electron chi connectivity index (χ3n) is 3.95. The Morgan fingerprint density at radius 3 is 2.89 bits per heavy atom. The number of rotatable bonds is 0. The van der Waals surface area contributed by atoms with Gasteiger partial charge in [-0.1, -0.05) is 18.2 Å². The predicted octanol–water partition coefficient (Wildman–Crippen LogP) is 2.00. The highest BCUT2D eigenvalue weighted by atomic mass is 16.5. The number of phenols is 1. The molecule has 0 saturated heterocycles. The number of hydrogen-bond donors (Lipinski definition) is 1. The van der Waals surface area contributed by atoms with Crippen molar-refractivity contribution >= 4 is 11.6 Å². The van der Waals surface area contributed by atoms with E-state index in [1.165, 1.54) is 6.07 Å². The first-order valence-corrected chi connectivity index (χ1v) is 6.17. The van der Waals surface area contributed by atoms with Crippen LogP contribution in [0.3, 0.4) is 0 Å². The van der Waals surface area contributed by atoms with Gasteiger partial charge in [-0.15, -0.1) is 0 Å². The average molecular weight is 254 g/mol. The molecule has 2 unspecified atom stereocenters. The van der Waals surface area contributed by atoms with Crippen LogP contribution in [0.5, 0.6) is 5.75 Å². The van der Waals surface area contributed by atoms with Crippen molar-refractivity contribution in [1.29, 1.82) is 0 Å². The molecule has 1 aromatic carbocycles. The van der Waals surface area contributed by atoms with Crippen molar-refractivity contribution in [2.75, 3.05) is 0 Å². The fourth-order valence-corrected chi connectivity index (χ4v) is 3.07. The zero-order valence-electron chi connectivity index (χ0n) is 9.92. The van der Waals surface area contributed by atoms with E-state index in [9.17, 15) is 14.7 Å². The number of phenolic OH excluding ortho intramolecular Hbond substituents is 1. The molecule has 2 aliphatic carbocycles. The van der Waals surface area contributed by atoms with Gasteiger partial charge < -0.3 is 9.84 Å². The smallest absolute Gasteiger partial charge is 0.232 e. The number of benzene rings is 1. The highest BCUT2D eigenvalue weighted by Gasteiger charge is 2.47. The predicted molar refractivity (Wildman–Crippen MR) is 65.9 cm³/mol. The first kappa shape index (κ1) is 10.6. The summed E-state index contributed by atoms with van der Waals surface area (Å²) in [5.41, 5.74) is 0.813. The average Bonchev–Trinajstić information content (AvgIpc) is 2.95. The topological polar surface area (TPSA) is 63.6 Å². The minimum absolute atomic E-state index is 0.0538. The molecular weight excluding hydrogens is 244 g/mol. The Balaban J connectivity index is 1.93. The van der Waals surface area contributed by atoms with E-state index in [0.29, 0.717) is 5.57 Å². The lowest BCUT2D eigenvalue weighted by Crippen LogP contribution is -2.22. The third-order valence-corrected chi connectivity index (χ3v) is 3.95. The molecule has 1 N–H and O–H groups in total. The Morgan fingerprint density at radius 2 is 2.05 bits per heavy atom. The fraction of sp³-hybridized carbons (Fsp3) is 0.200. The van der Waals surface area contributed by atoms with Crippen molar-refractivity contribution in [3.63, 3.8) is 0 Å². The van der Waals surface area contributed by atoms with Gasteiger partial charge in [-0.05, 0) is 18.6 Å². The Morgan fingerprint density at radius 1 is 1.21 bits per heavy atom. The monoisotopic (exact) mass is 254 g/mol. The Bertz CT molecular complexity index is 696. The van der Waals surface area contributed by atoms with Crippen LogP contribution in [0.25, 0.3) is 0 Å². The number of carbonyl (C=O) groups is 2. The second-order valence-corrected chi connectivity index (χ2v) is 4.95. The van der Waals surface area contributed by atoms with E-state index in [0.717, 1.165) is 6.42 Å². The van der Waals surface area contributed by atoms with Gasteiger partial charge in [0.15, 0.2) is 11.5 Å². The molecule has 0 spiro atoms. The number of allylic oxidation sites excluding steroid dienone is 2. The first-order chi connectivity index (χ1) is 9.18. The standard InChI is InChI=1S/C15H10O4/c16-9-5-1-4-8-11(9)14(18)15-12(13(8)17)7-3-2-6-10(7)19-15/h1-2,4-7,10,16H,3H2. The molecule has 19 heavy (non-hydrogen) atoms. The van der Waals surface area contributed by atoms with Crippen LogP contribution >= 0.6 is 0 Å². The molecule has 0 radical (unpaired) electrons. The zero-order valence-corrected chi connectivity index (χ0v) is 9.92. The maximum atomic E-state index is 12.5. The highest BCUT2D eigenvalue weighted by molar-refractivity contribution is 6.27. The highest BCUT2D eigenvalue weighted by Crippen LogP contribution is 2.45. The van der Waals surface area contributed by atoms with Gasteiger partial charge in [0.1, 0.15) is 11.9 Å². The number of Topliss-reactive ketones (excluding diaryl/α,β-unsaturated/α-hetero) is 2. The summed E-state index contributed by atoms with van der Waals surface area (Å²) in [6, 6.07) is 4.56. The van der Waals surface area contributed by atoms with E-state index in [2.05, 4.69) is 0 Å². The van der Waals surface area contributed by atoms with Gasteiger partial charge in [0, 0.05) is 11.5 Å². The van der Waals surface area contributed by atoms with Gasteiger partial charge in [0.05, 0.1) is 11.1 Å². The van der Waals surface area contributed by atoms with Crippen LogP contribution in [-0.4, -0.2) is 22.8 Å². The summed E-state index contributed by atoms with van der Waals surface area (Å²) in [6.45, 7) is 0. The molecule has 0 bridgehead atoms. The third kappa shape index (κ3) is 1.18. The molecule has 1 aliphatic heterocycles. The summed E-state index contributed by atoms with van der Waals surface area (Å²) in [7, 11) is 0. The molecular formula is C15H10O4. The van der Waals surface area contributed by atoms with Gasteiger partial charge in [-0.25, -0.2) is 0 Å². The van der Waals surface area contributed by atoms with Crippen molar-refractivity contribution in [2.24, 2.45) is 5.92 Å². The number of fused-ring (bicyclic) bond motifs is 3. The van der Waals surface area contributed by atoms with Crippen molar-refractivity contribution < 1.29 is 19.4 Å². The maximum Gasteiger partial charge on any atom is 0.232 e. The number of hydrogen-bond acceptors (Lipinski definition) is 4. The number of ether oxygens (including phenoxy) is 1. The Labute approximate surface area is 109 Å². The van der Waals surface area contributed by atoms with Gasteiger partial charge >= 0.3 is 0 Å². The lowest BCUT2D eigenvalue weighted by molar-refractivity contribution is 0.0870. The van der Waals surface area contributed by atoms with Crippen LogP contribution in [-0.2, 0) is 4.74 Å². The maximum absolute atomic E-state index is 12.5. The van der Waals surface area contributed by atoms with E-state index in [1.807, 2.05) is 12.2 Å². The number of carbonyl (C=O) groups excluding carboxylic acids is 2. The molecule has 0 saturated carbocycles. The minimum Gasteiger partial charge on any atom is -0.507 e. The molecule has 2 atom stereocenters. The lowest BCUT2D eigenvalue weighted by Gasteiger charge is -2.17. The van der Waals surface area contributed by atoms with E-state index < -0.39 is 0 Å². The Hall–Kier alpha value is -2.36. The number of ketones is 2. The van der Waals surface area contributed by atoms with E-state index in [4.69, 9.17) is 4.74 Å². The molecule has 94 valence electrons. The molecule has 0 aromatic heterocycles. The van der Waals surface area contributed by atoms with Gasteiger partial charge in [-0.2, -0.15) is 0 Å². The van der Waals surface area contributed by atoms with Crippen LogP contribution in [0.4, 0.5) is 0 Å². The zero-order chi connectivity index (χ0) is 13.1. The quantitative estimate of drug-likeness (QED) is 0.719. The molecule has 0 fully saturated rings. The summed E-state index contributed by atoms with van der Waals surface area (Å²) < 4.78 is 5.60. The summed E-state index contributed by atoms with van der Waals surface area (Å²) in [5, 5.41) is 9.80. The molecule has 1 aromatic rings.